The van der Waals surface area contributed by atoms with Crippen LogP contribution in [0.2, 0.25) is 0 Å². The Morgan fingerprint density at radius 2 is 0.717 bits per heavy atom. The van der Waals surface area contributed by atoms with E-state index in [9.17, 15) is 14.4 Å². The van der Waals surface area contributed by atoms with Crippen molar-refractivity contribution >= 4 is 17.9 Å². The molecule has 0 amide bonds. The number of esters is 3. The minimum atomic E-state index is -0.801. The normalized spacial score (nSPS) is 12.8. The number of ether oxygens (including phenoxy) is 3. The van der Waals surface area contributed by atoms with Gasteiger partial charge in [0, 0.05) is 19.3 Å². The van der Waals surface area contributed by atoms with Crippen molar-refractivity contribution in [1.29, 1.82) is 0 Å². The number of carbonyl (C=O) groups is 3. The van der Waals surface area contributed by atoms with Crippen LogP contribution in [0.1, 0.15) is 220 Å². The highest BCUT2D eigenvalue weighted by Crippen LogP contribution is 2.13. The van der Waals surface area contributed by atoms with Gasteiger partial charge in [0.15, 0.2) is 6.10 Å². The molecule has 0 radical (unpaired) electrons. The Labute approximate surface area is 369 Å². The van der Waals surface area contributed by atoms with E-state index < -0.39 is 6.10 Å². The second kappa shape index (κ2) is 48.3. The lowest BCUT2D eigenvalue weighted by molar-refractivity contribution is -0.167. The largest absolute Gasteiger partial charge is 0.462 e. The third-order valence-electron chi connectivity index (χ3n) is 10.1. The molecule has 0 rings (SSSR count). The molecule has 1 unspecified atom stereocenters. The molecule has 0 heterocycles. The second-order valence-corrected chi connectivity index (χ2v) is 16.0. The molecule has 342 valence electrons. The molecule has 0 aliphatic carbocycles. The molecule has 0 fully saturated rings. The maximum absolute atomic E-state index is 12.8. The van der Waals surface area contributed by atoms with Crippen LogP contribution in [-0.4, -0.2) is 37.2 Å². The van der Waals surface area contributed by atoms with Gasteiger partial charge in [-0.2, -0.15) is 0 Å². The zero-order chi connectivity index (χ0) is 43.7. The summed E-state index contributed by atoms with van der Waals surface area (Å²) in [6.07, 6.45) is 61.4. The fourth-order valence-electron chi connectivity index (χ4n) is 6.40. The Hall–Kier alpha value is -3.41. The molecule has 0 aromatic carbocycles. The van der Waals surface area contributed by atoms with E-state index in [1.54, 1.807) is 0 Å². The van der Waals surface area contributed by atoms with E-state index in [1.807, 2.05) is 0 Å². The summed E-state index contributed by atoms with van der Waals surface area (Å²) in [5.74, 6) is -0.963. The van der Waals surface area contributed by atoms with Gasteiger partial charge in [-0.3, -0.25) is 14.4 Å². The van der Waals surface area contributed by atoms with Crippen molar-refractivity contribution in [2.24, 2.45) is 0 Å². The van der Waals surface area contributed by atoms with E-state index in [0.29, 0.717) is 19.3 Å². The van der Waals surface area contributed by atoms with Gasteiger partial charge in [0.25, 0.3) is 0 Å². The Bertz CT molecular complexity index is 1190. The molecule has 0 aromatic heterocycles. The molecule has 0 aliphatic heterocycles. The Balaban J connectivity index is 4.44. The summed E-state index contributed by atoms with van der Waals surface area (Å²) in [5.41, 5.74) is 0. The van der Waals surface area contributed by atoms with Gasteiger partial charge in [-0.25, -0.2) is 0 Å². The summed E-state index contributed by atoms with van der Waals surface area (Å²) in [6.45, 7) is 6.38. The van der Waals surface area contributed by atoms with E-state index in [4.69, 9.17) is 14.2 Å². The van der Waals surface area contributed by atoms with Crippen LogP contribution in [0.4, 0.5) is 0 Å². The van der Waals surface area contributed by atoms with Crippen molar-refractivity contribution in [3.05, 3.63) is 85.1 Å². The highest BCUT2D eigenvalue weighted by molar-refractivity contribution is 5.71. The second-order valence-electron chi connectivity index (χ2n) is 16.0. The molecule has 0 spiro atoms. The molecular formula is C54H90O6. The smallest absolute Gasteiger partial charge is 0.306 e. The van der Waals surface area contributed by atoms with E-state index >= 15 is 0 Å². The zero-order valence-electron chi connectivity index (χ0n) is 38.9. The van der Waals surface area contributed by atoms with Gasteiger partial charge in [-0.15, -0.1) is 0 Å². The van der Waals surface area contributed by atoms with Gasteiger partial charge in [0.05, 0.1) is 0 Å². The molecule has 0 bridgehead atoms. The summed E-state index contributed by atoms with van der Waals surface area (Å²) in [7, 11) is 0. The maximum Gasteiger partial charge on any atom is 0.306 e. The van der Waals surface area contributed by atoms with E-state index in [2.05, 4.69) is 106 Å². The standard InChI is InChI=1S/C54H90O6/c1-4-7-10-13-16-19-22-24-26-27-28-30-32-35-38-41-44-47-53(56)59-50-51(49-58-52(55)46-43-40-37-34-31-21-18-15-12-9-6-3)60-54(57)48-45-42-39-36-33-29-25-23-20-17-14-11-8-5-2/h8,11,15-21,24-26,29,31,51H,4-7,9-10,12-14,22-23,27-28,30,32-50H2,1-3H3/b11-8-,18-15-,19-16-,20-17-,26-24-,29-25-,31-21-. The van der Waals surface area contributed by atoms with Crippen LogP contribution in [0, 0.1) is 0 Å². The van der Waals surface area contributed by atoms with Crippen molar-refractivity contribution in [2.75, 3.05) is 13.2 Å². The predicted molar refractivity (Wildman–Crippen MR) is 256 cm³/mol. The van der Waals surface area contributed by atoms with Crippen LogP contribution in [0.5, 0.6) is 0 Å². The van der Waals surface area contributed by atoms with E-state index in [1.165, 1.54) is 64.2 Å². The molecule has 0 saturated heterocycles. The lowest BCUT2D eigenvalue weighted by Gasteiger charge is -2.18. The van der Waals surface area contributed by atoms with Gasteiger partial charge in [0.1, 0.15) is 13.2 Å². The average molecular weight is 835 g/mol. The summed E-state index contributed by atoms with van der Waals surface area (Å²) in [6, 6.07) is 0. The summed E-state index contributed by atoms with van der Waals surface area (Å²) in [4.78, 5) is 37.9. The third-order valence-corrected chi connectivity index (χ3v) is 10.1. The summed E-state index contributed by atoms with van der Waals surface area (Å²) < 4.78 is 16.7. The zero-order valence-corrected chi connectivity index (χ0v) is 38.9. The third kappa shape index (κ3) is 45.7. The molecule has 6 heteroatoms. The SMILES string of the molecule is CC/C=C\C/C=C\C/C=C\CCCCCCC(=O)OC(COC(=O)CCCCC/C=C\C=C/CCCC)COC(=O)CCCCCCCCC/C=C\C/C=C\CCCCC. The number of hydrogen-bond acceptors (Lipinski definition) is 6. The highest BCUT2D eigenvalue weighted by atomic mass is 16.6. The van der Waals surface area contributed by atoms with E-state index in [0.717, 1.165) is 116 Å². The van der Waals surface area contributed by atoms with Crippen LogP contribution in [0.3, 0.4) is 0 Å². The minimum absolute atomic E-state index is 0.0995. The monoisotopic (exact) mass is 835 g/mol. The first-order valence-corrected chi connectivity index (χ1v) is 24.6. The number of unbranched alkanes of at least 4 members (excludes halogenated alkanes) is 19. The minimum Gasteiger partial charge on any atom is -0.462 e. The first kappa shape index (κ1) is 56.6. The molecular weight excluding hydrogens is 745 g/mol. The van der Waals surface area contributed by atoms with Crippen molar-refractivity contribution in [1.82, 2.24) is 0 Å². The lowest BCUT2D eigenvalue weighted by Crippen LogP contribution is -2.30. The van der Waals surface area contributed by atoms with E-state index in [-0.39, 0.29) is 31.1 Å². The quantitative estimate of drug-likeness (QED) is 0.0200. The number of hydrogen-bond donors (Lipinski definition) is 0. The Morgan fingerprint density at radius 3 is 1.18 bits per heavy atom. The van der Waals surface area contributed by atoms with Gasteiger partial charge in [-0.1, -0.05) is 183 Å². The Morgan fingerprint density at radius 1 is 0.367 bits per heavy atom. The fraction of sp³-hybridized carbons (Fsp3) is 0.685. The number of carbonyl (C=O) groups excluding carboxylic acids is 3. The van der Waals surface area contributed by atoms with Gasteiger partial charge < -0.3 is 14.2 Å². The molecule has 6 nitrogen and oxygen atoms in total. The van der Waals surface area contributed by atoms with Gasteiger partial charge in [0.2, 0.25) is 0 Å². The van der Waals surface area contributed by atoms with Crippen LogP contribution < -0.4 is 0 Å². The fourth-order valence-corrected chi connectivity index (χ4v) is 6.40. The molecule has 1 atom stereocenters. The van der Waals surface area contributed by atoms with Crippen LogP contribution in [-0.2, 0) is 28.6 Å². The van der Waals surface area contributed by atoms with Gasteiger partial charge >= 0.3 is 17.9 Å². The van der Waals surface area contributed by atoms with Crippen molar-refractivity contribution in [3.8, 4) is 0 Å². The molecule has 0 saturated carbocycles. The first-order chi connectivity index (χ1) is 29.5. The molecule has 0 aromatic rings. The van der Waals surface area contributed by atoms with Crippen LogP contribution in [0.15, 0.2) is 85.1 Å². The highest BCUT2D eigenvalue weighted by Gasteiger charge is 2.19. The van der Waals surface area contributed by atoms with Crippen molar-refractivity contribution in [2.45, 2.75) is 226 Å². The summed E-state index contributed by atoms with van der Waals surface area (Å²) in [5, 5.41) is 0. The average Bonchev–Trinajstić information content (AvgIpc) is 3.24. The Kier molecular flexibility index (Phi) is 45.5. The topological polar surface area (TPSA) is 78.9 Å². The van der Waals surface area contributed by atoms with Gasteiger partial charge in [-0.05, 0) is 103 Å². The molecule has 0 N–H and O–H groups in total. The number of rotatable bonds is 43. The van der Waals surface area contributed by atoms with Crippen molar-refractivity contribution in [3.63, 3.8) is 0 Å². The first-order valence-electron chi connectivity index (χ1n) is 24.6. The number of allylic oxidation sites excluding steroid dienone is 14. The van der Waals surface area contributed by atoms with Crippen LogP contribution in [0.25, 0.3) is 0 Å². The lowest BCUT2D eigenvalue weighted by atomic mass is 10.1. The maximum atomic E-state index is 12.8. The van der Waals surface area contributed by atoms with Crippen LogP contribution >= 0.6 is 0 Å². The predicted octanol–water partition coefficient (Wildman–Crippen LogP) is 16.0. The molecule has 0 aliphatic rings. The molecule has 60 heavy (non-hydrogen) atoms. The van der Waals surface area contributed by atoms with Crippen molar-refractivity contribution < 1.29 is 28.6 Å². The summed E-state index contributed by atoms with van der Waals surface area (Å²) >= 11 is 0.